The van der Waals surface area contributed by atoms with E-state index < -0.39 is 5.97 Å². The molecule has 1 aromatic carbocycles. The molecule has 0 radical (unpaired) electrons. The van der Waals surface area contributed by atoms with Gasteiger partial charge in [0.25, 0.3) is 0 Å². The number of hydrogen-bond donors (Lipinski definition) is 1. The molecule has 4 nitrogen and oxygen atoms in total. The molecule has 1 fully saturated rings. The van der Waals surface area contributed by atoms with Crippen LogP contribution in [0.15, 0.2) is 30.3 Å². The minimum atomic E-state index is -0.907. The van der Waals surface area contributed by atoms with Crippen molar-refractivity contribution in [3.8, 4) is 0 Å². The number of aromatic carboxylic acids is 1. The smallest absolute Gasteiger partial charge is 0.336 e. The number of carboxylic acids is 1. The van der Waals surface area contributed by atoms with Gasteiger partial charge in [0.05, 0.1) is 11.1 Å². The van der Waals surface area contributed by atoms with Gasteiger partial charge >= 0.3 is 5.97 Å². The molecule has 3 rings (SSSR count). The van der Waals surface area contributed by atoms with Gasteiger partial charge in [0.1, 0.15) is 5.82 Å². The summed E-state index contributed by atoms with van der Waals surface area (Å²) >= 11 is 0. The zero-order valence-corrected chi connectivity index (χ0v) is 11.5. The third-order valence-corrected chi connectivity index (χ3v) is 3.83. The van der Waals surface area contributed by atoms with Crippen molar-refractivity contribution in [3.63, 3.8) is 0 Å². The summed E-state index contributed by atoms with van der Waals surface area (Å²) in [6.45, 7) is 4.10. The van der Waals surface area contributed by atoms with Gasteiger partial charge in [0, 0.05) is 18.5 Å². The molecular formula is C16H18N2O2. The number of fused-ring (bicyclic) bond motifs is 1. The molecule has 1 aromatic heterocycles. The van der Waals surface area contributed by atoms with E-state index in [2.05, 4.69) is 16.8 Å². The van der Waals surface area contributed by atoms with Crippen molar-refractivity contribution in [3.05, 3.63) is 35.9 Å². The molecule has 1 aliphatic carbocycles. The second-order valence-electron chi connectivity index (χ2n) is 5.33. The number of benzene rings is 1. The van der Waals surface area contributed by atoms with E-state index in [0.29, 0.717) is 10.9 Å². The number of carbonyl (C=O) groups is 1. The normalized spacial score (nSPS) is 14.4. The molecule has 0 amide bonds. The molecule has 1 saturated carbocycles. The molecule has 0 unspecified atom stereocenters. The molecule has 0 saturated heterocycles. The van der Waals surface area contributed by atoms with E-state index in [0.717, 1.165) is 30.3 Å². The molecule has 1 aliphatic rings. The van der Waals surface area contributed by atoms with Crippen LogP contribution < -0.4 is 4.90 Å². The van der Waals surface area contributed by atoms with Crippen LogP contribution in [-0.2, 0) is 0 Å². The Morgan fingerprint density at radius 1 is 1.35 bits per heavy atom. The van der Waals surface area contributed by atoms with E-state index in [9.17, 15) is 9.90 Å². The first-order valence-electron chi connectivity index (χ1n) is 7.07. The fourth-order valence-corrected chi connectivity index (χ4v) is 2.50. The van der Waals surface area contributed by atoms with Gasteiger partial charge in [0.2, 0.25) is 0 Å². The molecule has 20 heavy (non-hydrogen) atoms. The second kappa shape index (κ2) is 5.12. The summed E-state index contributed by atoms with van der Waals surface area (Å²) in [7, 11) is 0. The molecule has 1 N–H and O–H groups in total. The average molecular weight is 270 g/mol. The number of aromatic nitrogens is 1. The Bertz CT molecular complexity index is 650. The van der Waals surface area contributed by atoms with Gasteiger partial charge in [-0.2, -0.15) is 0 Å². The first-order chi connectivity index (χ1) is 9.69. The number of rotatable bonds is 5. The van der Waals surface area contributed by atoms with Gasteiger partial charge in [-0.15, -0.1) is 0 Å². The van der Waals surface area contributed by atoms with Crippen molar-refractivity contribution >= 4 is 22.7 Å². The first-order valence-corrected chi connectivity index (χ1v) is 7.07. The van der Waals surface area contributed by atoms with Crippen LogP contribution in [0.1, 0.15) is 30.1 Å². The molecule has 0 aliphatic heterocycles. The number of pyridine rings is 1. The minimum absolute atomic E-state index is 0.312. The molecule has 0 bridgehead atoms. The van der Waals surface area contributed by atoms with Crippen molar-refractivity contribution in [1.29, 1.82) is 0 Å². The van der Waals surface area contributed by atoms with Crippen LogP contribution in [0.25, 0.3) is 10.9 Å². The molecule has 1 heterocycles. The fraction of sp³-hybridized carbons (Fsp3) is 0.375. The van der Waals surface area contributed by atoms with Crippen LogP contribution >= 0.6 is 0 Å². The minimum Gasteiger partial charge on any atom is -0.478 e. The Kier molecular flexibility index (Phi) is 3.30. The fourth-order valence-electron chi connectivity index (χ4n) is 2.50. The second-order valence-corrected chi connectivity index (χ2v) is 5.33. The molecule has 2 aromatic rings. The highest BCUT2D eigenvalue weighted by Gasteiger charge is 2.24. The molecular weight excluding hydrogens is 252 g/mol. The van der Waals surface area contributed by atoms with Crippen molar-refractivity contribution in [2.75, 3.05) is 18.0 Å². The van der Waals surface area contributed by atoms with Crippen molar-refractivity contribution in [1.82, 2.24) is 4.98 Å². The highest BCUT2D eigenvalue weighted by molar-refractivity contribution is 6.02. The van der Waals surface area contributed by atoms with Gasteiger partial charge in [-0.1, -0.05) is 6.07 Å². The van der Waals surface area contributed by atoms with Crippen LogP contribution in [0, 0.1) is 5.92 Å². The van der Waals surface area contributed by atoms with E-state index in [1.54, 1.807) is 12.1 Å². The lowest BCUT2D eigenvalue weighted by molar-refractivity contribution is 0.0699. The van der Waals surface area contributed by atoms with Crippen LogP contribution in [0.3, 0.4) is 0 Å². The Labute approximate surface area is 118 Å². The van der Waals surface area contributed by atoms with Crippen molar-refractivity contribution in [2.24, 2.45) is 5.92 Å². The summed E-state index contributed by atoms with van der Waals surface area (Å²) in [4.78, 5) is 18.1. The van der Waals surface area contributed by atoms with Crippen LogP contribution in [0.4, 0.5) is 5.82 Å². The van der Waals surface area contributed by atoms with Crippen molar-refractivity contribution in [2.45, 2.75) is 19.8 Å². The van der Waals surface area contributed by atoms with Crippen LogP contribution in [0.5, 0.6) is 0 Å². The maximum absolute atomic E-state index is 11.2. The highest BCUT2D eigenvalue weighted by atomic mass is 16.4. The predicted molar refractivity (Wildman–Crippen MR) is 79.3 cm³/mol. The zero-order chi connectivity index (χ0) is 14.1. The van der Waals surface area contributed by atoms with Gasteiger partial charge < -0.3 is 10.0 Å². The average Bonchev–Trinajstić information content (AvgIpc) is 3.27. The summed E-state index contributed by atoms with van der Waals surface area (Å²) in [5, 5.41) is 9.90. The van der Waals surface area contributed by atoms with E-state index in [1.807, 2.05) is 18.2 Å². The standard InChI is InChI=1S/C16H18N2O2/c1-2-18(10-11-6-7-11)15-9-8-12-13(16(19)20)4-3-5-14(12)17-15/h3-5,8-9,11H,2,6-7,10H2,1H3,(H,19,20). The third kappa shape index (κ3) is 2.46. The molecule has 0 atom stereocenters. The Morgan fingerprint density at radius 2 is 2.15 bits per heavy atom. The summed E-state index contributed by atoms with van der Waals surface area (Å²) in [5.41, 5.74) is 1.06. The predicted octanol–water partition coefficient (Wildman–Crippen LogP) is 3.17. The zero-order valence-electron chi connectivity index (χ0n) is 11.5. The van der Waals surface area contributed by atoms with Gasteiger partial charge in [0.15, 0.2) is 0 Å². The number of carboxylic acid groups (broad SMARTS) is 1. The highest BCUT2D eigenvalue weighted by Crippen LogP contribution is 2.31. The Hall–Kier alpha value is -2.10. The third-order valence-electron chi connectivity index (χ3n) is 3.83. The summed E-state index contributed by atoms with van der Waals surface area (Å²) in [5.74, 6) is 0.836. The van der Waals surface area contributed by atoms with E-state index in [-0.39, 0.29) is 0 Å². The summed E-state index contributed by atoms with van der Waals surface area (Å²) in [6, 6.07) is 9.04. The number of anilines is 1. The summed E-state index contributed by atoms with van der Waals surface area (Å²) < 4.78 is 0. The van der Waals surface area contributed by atoms with E-state index >= 15 is 0 Å². The topological polar surface area (TPSA) is 53.4 Å². The Balaban J connectivity index is 1.99. The monoisotopic (exact) mass is 270 g/mol. The van der Waals surface area contributed by atoms with Crippen LogP contribution in [0.2, 0.25) is 0 Å². The number of hydrogen-bond acceptors (Lipinski definition) is 3. The molecule has 0 spiro atoms. The SMILES string of the molecule is CCN(CC1CC1)c1ccc2c(C(=O)O)cccc2n1. The van der Waals surface area contributed by atoms with E-state index in [1.165, 1.54) is 12.8 Å². The van der Waals surface area contributed by atoms with Gasteiger partial charge in [-0.05, 0) is 49.9 Å². The first kappa shape index (κ1) is 12.9. The maximum Gasteiger partial charge on any atom is 0.336 e. The lowest BCUT2D eigenvalue weighted by Gasteiger charge is -2.22. The van der Waals surface area contributed by atoms with E-state index in [4.69, 9.17) is 0 Å². The quantitative estimate of drug-likeness (QED) is 0.906. The van der Waals surface area contributed by atoms with Gasteiger partial charge in [-0.25, -0.2) is 9.78 Å². The van der Waals surface area contributed by atoms with Gasteiger partial charge in [-0.3, -0.25) is 0 Å². The van der Waals surface area contributed by atoms with Crippen molar-refractivity contribution < 1.29 is 9.90 Å². The largest absolute Gasteiger partial charge is 0.478 e. The number of nitrogens with zero attached hydrogens (tertiary/aromatic N) is 2. The molecule has 104 valence electrons. The Morgan fingerprint density at radius 3 is 2.80 bits per heavy atom. The molecule has 4 heteroatoms. The lowest BCUT2D eigenvalue weighted by Crippen LogP contribution is -2.26. The summed E-state index contributed by atoms with van der Waals surface area (Å²) in [6.07, 6.45) is 2.63. The lowest BCUT2D eigenvalue weighted by atomic mass is 10.1. The van der Waals surface area contributed by atoms with Crippen LogP contribution in [-0.4, -0.2) is 29.1 Å². The maximum atomic E-state index is 11.2.